The lowest BCUT2D eigenvalue weighted by Crippen LogP contribution is -1.96. The lowest BCUT2D eigenvalue weighted by molar-refractivity contribution is 0.412. The van der Waals surface area contributed by atoms with Gasteiger partial charge in [0.15, 0.2) is 0 Å². The number of rotatable bonds is 3. The molecule has 16 heavy (non-hydrogen) atoms. The van der Waals surface area contributed by atoms with Crippen molar-refractivity contribution in [3.8, 4) is 11.4 Å². The van der Waals surface area contributed by atoms with Gasteiger partial charge in [-0.15, -0.1) is 0 Å². The third-order valence-corrected chi connectivity index (χ3v) is 2.64. The summed E-state index contributed by atoms with van der Waals surface area (Å²) in [7, 11) is 1.70. The van der Waals surface area contributed by atoms with Gasteiger partial charge < -0.3 is 9.30 Å². The highest BCUT2D eigenvalue weighted by Crippen LogP contribution is 2.24. The highest BCUT2D eigenvalue weighted by Gasteiger charge is 2.06. The van der Waals surface area contributed by atoms with Gasteiger partial charge in [0.05, 0.1) is 24.8 Å². The second-order valence-corrected chi connectivity index (χ2v) is 3.78. The number of aryl methyl sites for hydroxylation is 2. The van der Waals surface area contributed by atoms with Gasteiger partial charge in [0.1, 0.15) is 5.75 Å². The molecule has 0 amide bonds. The number of imidazole rings is 1. The summed E-state index contributed by atoms with van der Waals surface area (Å²) in [6.45, 7) is 4.11. The third-order valence-electron chi connectivity index (χ3n) is 2.64. The van der Waals surface area contributed by atoms with Crippen molar-refractivity contribution in [1.82, 2.24) is 9.55 Å². The first-order valence-corrected chi connectivity index (χ1v) is 5.42. The number of benzene rings is 1. The SMILES string of the molecule is CCc1ccc(-n2cnc(C)c2)c(OC)c1. The fraction of sp³-hybridized carbons (Fsp3) is 0.308. The van der Waals surface area contributed by atoms with Crippen LogP contribution in [0, 0.1) is 6.92 Å². The van der Waals surface area contributed by atoms with E-state index in [2.05, 4.69) is 30.1 Å². The van der Waals surface area contributed by atoms with Crippen LogP contribution in [0.15, 0.2) is 30.7 Å². The Morgan fingerprint density at radius 2 is 2.19 bits per heavy atom. The highest BCUT2D eigenvalue weighted by molar-refractivity contribution is 5.49. The molecule has 2 rings (SSSR count). The summed E-state index contributed by atoms with van der Waals surface area (Å²) >= 11 is 0. The minimum atomic E-state index is 0.886. The fourth-order valence-corrected chi connectivity index (χ4v) is 1.71. The highest BCUT2D eigenvalue weighted by atomic mass is 16.5. The van der Waals surface area contributed by atoms with Gasteiger partial charge in [0.2, 0.25) is 0 Å². The minimum absolute atomic E-state index is 0.886. The molecule has 1 aromatic carbocycles. The van der Waals surface area contributed by atoms with Crippen LogP contribution in [0.3, 0.4) is 0 Å². The lowest BCUT2D eigenvalue weighted by atomic mass is 10.1. The number of ether oxygens (including phenoxy) is 1. The average Bonchev–Trinajstić information content (AvgIpc) is 2.74. The van der Waals surface area contributed by atoms with E-state index in [0.29, 0.717) is 0 Å². The Balaban J connectivity index is 2.48. The number of hydrogen-bond donors (Lipinski definition) is 0. The van der Waals surface area contributed by atoms with E-state index in [1.165, 1.54) is 5.56 Å². The van der Waals surface area contributed by atoms with Crippen LogP contribution in [0.1, 0.15) is 18.2 Å². The molecule has 0 saturated heterocycles. The molecule has 0 spiro atoms. The number of nitrogens with zero attached hydrogens (tertiary/aromatic N) is 2. The molecule has 0 bridgehead atoms. The molecule has 1 heterocycles. The quantitative estimate of drug-likeness (QED) is 0.788. The third kappa shape index (κ3) is 1.94. The molecule has 0 aliphatic heterocycles. The van der Waals surface area contributed by atoms with Crippen LogP contribution in [0.5, 0.6) is 5.75 Å². The average molecular weight is 216 g/mol. The van der Waals surface area contributed by atoms with E-state index in [-0.39, 0.29) is 0 Å². The second-order valence-electron chi connectivity index (χ2n) is 3.78. The van der Waals surface area contributed by atoms with Gasteiger partial charge in [-0.2, -0.15) is 0 Å². The zero-order valence-electron chi connectivity index (χ0n) is 9.90. The van der Waals surface area contributed by atoms with E-state index in [0.717, 1.165) is 23.6 Å². The summed E-state index contributed by atoms with van der Waals surface area (Å²) in [5.41, 5.74) is 3.30. The predicted molar refractivity (Wildman–Crippen MR) is 64.2 cm³/mol. The molecule has 0 atom stereocenters. The molecule has 0 unspecified atom stereocenters. The Hall–Kier alpha value is -1.77. The maximum atomic E-state index is 5.40. The number of aromatic nitrogens is 2. The molecule has 0 saturated carbocycles. The normalized spacial score (nSPS) is 10.4. The van der Waals surface area contributed by atoms with E-state index in [1.807, 2.05) is 17.7 Å². The standard InChI is InChI=1S/C13H16N2O/c1-4-11-5-6-12(13(7-11)16-3)15-8-10(2)14-9-15/h5-9H,4H2,1-3H3. The Bertz CT molecular complexity index is 488. The van der Waals surface area contributed by atoms with Crippen LogP contribution in [-0.4, -0.2) is 16.7 Å². The first-order chi connectivity index (χ1) is 7.74. The molecule has 0 N–H and O–H groups in total. The van der Waals surface area contributed by atoms with Crippen molar-refractivity contribution < 1.29 is 4.74 Å². The van der Waals surface area contributed by atoms with E-state index >= 15 is 0 Å². The maximum absolute atomic E-state index is 5.40. The Morgan fingerprint density at radius 1 is 1.38 bits per heavy atom. The van der Waals surface area contributed by atoms with Crippen molar-refractivity contribution in [2.45, 2.75) is 20.3 Å². The fourth-order valence-electron chi connectivity index (χ4n) is 1.71. The minimum Gasteiger partial charge on any atom is -0.495 e. The van der Waals surface area contributed by atoms with Gasteiger partial charge in [-0.1, -0.05) is 13.0 Å². The summed E-state index contributed by atoms with van der Waals surface area (Å²) < 4.78 is 7.38. The Kier molecular flexibility index (Phi) is 2.95. The zero-order chi connectivity index (χ0) is 11.5. The van der Waals surface area contributed by atoms with E-state index in [4.69, 9.17) is 4.74 Å². The van der Waals surface area contributed by atoms with Crippen molar-refractivity contribution in [3.63, 3.8) is 0 Å². The van der Waals surface area contributed by atoms with Crippen molar-refractivity contribution in [2.75, 3.05) is 7.11 Å². The first-order valence-electron chi connectivity index (χ1n) is 5.42. The molecule has 1 aromatic heterocycles. The molecular formula is C13H16N2O. The first kappa shape index (κ1) is 10.7. The maximum Gasteiger partial charge on any atom is 0.143 e. The number of hydrogen-bond acceptors (Lipinski definition) is 2. The molecule has 2 aromatic rings. The van der Waals surface area contributed by atoms with Crippen LogP contribution in [-0.2, 0) is 6.42 Å². The van der Waals surface area contributed by atoms with Gasteiger partial charge in [-0.05, 0) is 31.0 Å². The number of methoxy groups -OCH3 is 1. The summed E-state index contributed by atoms with van der Waals surface area (Å²) in [4.78, 5) is 4.22. The van der Waals surface area contributed by atoms with Gasteiger partial charge in [0, 0.05) is 6.20 Å². The molecule has 3 nitrogen and oxygen atoms in total. The van der Waals surface area contributed by atoms with Crippen LogP contribution in [0.4, 0.5) is 0 Å². The molecule has 84 valence electrons. The van der Waals surface area contributed by atoms with E-state index in [9.17, 15) is 0 Å². The Morgan fingerprint density at radius 3 is 2.75 bits per heavy atom. The smallest absolute Gasteiger partial charge is 0.143 e. The second kappa shape index (κ2) is 4.39. The van der Waals surface area contributed by atoms with Gasteiger partial charge in [0.25, 0.3) is 0 Å². The predicted octanol–water partition coefficient (Wildman–Crippen LogP) is 2.75. The molecule has 0 fully saturated rings. The Labute approximate surface area is 95.7 Å². The summed E-state index contributed by atoms with van der Waals surface area (Å²) in [6.07, 6.45) is 4.81. The molecular weight excluding hydrogens is 200 g/mol. The van der Waals surface area contributed by atoms with E-state index < -0.39 is 0 Å². The van der Waals surface area contributed by atoms with Crippen LogP contribution >= 0.6 is 0 Å². The zero-order valence-corrected chi connectivity index (χ0v) is 9.90. The topological polar surface area (TPSA) is 27.1 Å². The van der Waals surface area contributed by atoms with E-state index in [1.54, 1.807) is 13.4 Å². The van der Waals surface area contributed by atoms with Gasteiger partial charge in [-0.25, -0.2) is 4.98 Å². The van der Waals surface area contributed by atoms with Crippen molar-refractivity contribution in [1.29, 1.82) is 0 Å². The van der Waals surface area contributed by atoms with Crippen LogP contribution in [0.2, 0.25) is 0 Å². The van der Waals surface area contributed by atoms with Gasteiger partial charge in [-0.3, -0.25) is 0 Å². The summed E-state index contributed by atoms with van der Waals surface area (Å²) in [5, 5.41) is 0. The lowest BCUT2D eigenvalue weighted by Gasteiger charge is -2.10. The molecule has 3 heteroatoms. The largest absolute Gasteiger partial charge is 0.495 e. The molecule has 0 radical (unpaired) electrons. The monoisotopic (exact) mass is 216 g/mol. The van der Waals surface area contributed by atoms with Crippen molar-refractivity contribution >= 4 is 0 Å². The van der Waals surface area contributed by atoms with Crippen LogP contribution < -0.4 is 4.74 Å². The van der Waals surface area contributed by atoms with Crippen molar-refractivity contribution in [2.24, 2.45) is 0 Å². The van der Waals surface area contributed by atoms with Gasteiger partial charge >= 0.3 is 0 Å². The summed E-state index contributed by atoms with van der Waals surface area (Å²) in [5.74, 6) is 0.886. The summed E-state index contributed by atoms with van der Waals surface area (Å²) in [6, 6.07) is 6.26. The van der Waals surface area contributed by atoms with Crippen LogP contribution in [0.25, 0.3) is 5.69 Å². The molecule has 0 aliphatic rings. The van der Waals surface area contributed by atoms with Crippen molar-refractivity contribution in [3.05, 3.63) is 42.0 Å². The molecule has 0 aliphatic carbocycles.